The van der Waals surface area contributed by atoms with Crippen LogP contribution in [-0.2, 0) is 6.54 Å². The molecule has 1 amide bonds. The highest BCUT2D eigenvalue weighted by Gasteiger charge is 2.16. The van der Waals surface area contributed by atoms with Gasteiger partial charge >= 0.3 is 0 Å². The minimum absolute atomic E-state index is 0.00829. The van der Waals surface area contributed by atoms with Crippen molar-refractivity contribution >= 4 is 22.9 Å². The maximum absolute atomic E-state index is 12.5. The topological polar surface area (TPSA) is 45.2 Å². The fraction of sp³-hybridized carbons (Fsp3) is 0.333. The van der Waals surface area contributed by atoms with E-state index in [1.807, 2.05) is 37.4 Å². The van der Waals surface area contributed by atoms with E-state index in [1.54, 1.807) is 28.8 Å². The lowest BCUT2D eigenvalue weighted by atomic mass is 10.1. The number of rotatable bonds is 5. The van der Waals surface area contributed by atoms with Crippen molar-refractivity contribution in [3.63, 3.8) is 0 Å². The average molecular weight is 289 g/mol. The van der Waals surface area contributed by atoms with Gasteiger partial charge in [0.25, 0.3) is 5.91 Å². The standard InChI is InChI=1S/C15H19N3OS/c1-4-16-14-7-11(2)5-6-13(14)15(19)18(3)8-12-9-20-10-17-12/h5-7,9-10,16H,4,8H2,1-3H3. The van der Waals surface area contributed by atoms with Gasteiger partial charge in [-0.05, 0) is 31.5 Å². The van der Waals surface area contributed by atoms with E-state index >= 15 is 0 Å². The van der Waals surface area contributed by atoms with E-state index in [9.17, 15) is 4.79 Å². The second kappa shape index (κ2) is 6.52. The second-order valence-electron chi connectivity index (χ2n) is 4.72. The Morgan fingerprint density at radius 1 is 1.45 bits per heavy atom. The predicted molar refractivity (Wildman–Crippen MR) is 83.3 cm³/mol. The molecule has 0 unspecified atom stereocenters. The summed E-state index contributed by atoms with van der Waals surface area (Å²) in [7, 11) is 1.80. The van der Waals surface area contributed by atoms with Gasteiger partial charge < -0.3 is 10.2 Å². The number of aryl methyl sites for hydroxylation is 1. The molecular formula is C15H19N3OS. The van der Waals surface area contributed by atoms with Crippen LogP contribution in [0.3, 0.4) is 0 Å². The Balaban J connectivity index is 2.19. The maximum atomic E-state index is 12.5. The number of benzene rings is 1. The number of carbonyl (C=O) groups excluding carboxylic acids is 1. The summed E-state index contributed by atoms with van der Waals surface area (Å²) in [6.45, 7) is 5.37. The molecule has 1 aromatic heterocycles. The first-order valence-electron chi connectivity index (χ1n) is 6.59. The number of thiazole rings is 1. The summed E-state index contributed by atoms with van der Waals surface area (Å²) >= 11 is 1.54. The summed E-state index contributed by atoms with van der Waals surface area (Å²) in [5.41, 5.74) is 5.43. The average Bonchev–Trinajstić information content (AvgIpc) is 2.91. The molecule has 0 fully saturated rings. The highest BCUT2D eigenvalue weighted by molar-refractivity contribution is 7.07. The van der Waals surface area contributed by atoms with Crippen LogP contribution in [0.2, 0.25) is 0 Å². The van der Waals surface area contributed by atoms with Crippen molar-refractivity contribution in [3.05, 3.63) is 45.9 Å². The molecule has 2 aromatic rings. The number of nitrogens with one attached hydrogen (secondary N) is 1. The minimum Gasteiger partial charge on any atom is -0.385 e. The second-order valence-corrected chi connectivity index (χ2v) is 5.44. The molecule has 4 nitrogen and oxygen atoms in total. The Morgan fingerprint density at radius 2 is 2.25 bits per heavy atom. The van der Waals surface area contributed by atoms with E-state index in [4.69, 9.17) is 0 Å². The Labute approximate surface area is 123 Å². The molecule has 20 heavy (non-hydrogen) atoms. The first-order valence-corrected chi connectivity index (χ1v) is 7.53. The summed E-state index contributed by atoms with van der Waals surface area (Å²) in [5.74, 6) is 0.00829. The van der Waals surface area contributed by atoms with Crippen molar-refractivity contribution in [2.75, 3.05) is 18.9 Å². The molecule has 0 saturated heterocycles. The number of amides is 1. The van der Waals surface area contributed by atoms with Gasteiger partial charge in [-0.1, -0.05) is 6.07 Å². The molecule has 0 bridgehead atoms. The zero-order valence-corrected chi connectivity index (χ0v) is 12.8. The zero-order valence-electron chi connectivity index (χ0n) is 12.0. The van der Waals surface area contributed by atoms with Crippen LogP contribution >= 0.6 is 11.3 Å². The quantitative estimate of drug-likeness (QED) is 0.919. The highest BCUT2D eigenvalue weighted by atomic mass is 32.1. The third-order valence-electron chi connectivity index (χ3n) is 3.00. The van der Waals surface area contributed by atoms with E-state index in [2.05, 4.69) is 10.3 Å². The molecule has 1 N–H and O–H groups in total. The lowest BCUT2D eigenvalue weighted by molar-refractivity contribution is 0.0784. The number of aromatic nitrogens is 1. The Morgan fingerprint density at radius 3 is 2.90 bits per heavy atom. The van der Waals surface area contributed by atoms with Crippen LogP contribution in [0, 0.1) is 6.92 Å². The van der Waals surface area contributed by atoms with Crippen LogP contribution in [0.5, 0.6) is 0 Å². The van der Waals surface area contributed by atoms with Crippen LogP contribution in [0.4, 0.5) is 5.69 Å². The summed E-state index contributed by atoms with van der Waals surface area (Å²) in [4.78, 5) is 18.4. The van der Waals surface area contributed by atoms with Crippen LogP contribution < -0.4 is 5.32 Å². The molecule has 5 heteroatoms. The molecule has 106 valence electrons. The first-order chi connectivity index (χ1) is 9.61. The van der Waals surface area contributed by atoms with E-state index in [0.29, 0.717) is 12.1 Å². The third kappa shape index (κ3) is 3.36. The number of carbonyl (C=O) groups is 1. The molecule has 0 atom stereocenters. The molecule has 1 heterocycles. The summed E-state index contributed by atoms with van der Waals surface area (Å²) in [6, 6.07) is 5.85. The van der Waals surface area contributed by atoms with E-state index in [0.717, 1.165) is 23.5 Å². The molecule has 0 aliphatic carbocycles. The fourth-order valence-electron chi connectivity index (χ4n) is 2.02. The third-order valence-corrected chi connectivity index (χ3v) is 3.64. The van der Waals surface area contributed by atoms with Crippen molar-refractivity contribution in [1.29, 1.82) is 0 Å². The van der Waals surface area contributed by atoms with Crippen LogP contribution in [-0.4, -0.2) is 29.4 Å². The van der Waals surface area contributed by atoms with Crippen molar-refractivity contribution in [2.45, 2.75) is 20.4 Å². The highest BCUT2D eigenvalue weighted by Crippen LogP contribution is 2.20. The van der Waals surface area contributed by atoms with Crippen LogP contribution in [0.1, 0.15) is 28.5 Å². The summed E-state index contributed by atoms with van der Waals surface area (Å²) in [6.07, 6.45) is 0. The molecule has 1 aromatic carbocycles. The molecule has 2 rings (SSSR count). The summed E-state index contributed by atoms with van der Waals surface area (Å²) < 4.78 is 0. The number of hydrogen-bond acceptors (Lipinski definition) is 4. The Kier molecular flexibility index (Phi) is 4.74. The molecule has 0 radical (unpaired) electrons. The Hall–Kier alpha value is -1.88. The molecule has 0 saturated carbocycles. The number of hydrogen-bond donors (Lipinski definition) is 1. The van der Waals surface area contributed by atoms with Crippen molar-refractivity contribution < 1.29 is 4.79 Å². The van der Waals surface area contributed by atoms with Gasteiger partial charge in [-0.3, -0.25) is 4.79 Å². The van der Waals surface area contributed by atoms with Gasteiger partial charge in [-0.2, -0.15) is 0 Å². The van der Waals surface area contributed by atoms with Crippen molar-refractivity contribution in [3.8, 4) is 0 Å². The monoisotopic (exact) mass is 289 g/mol. The lowest BCUT2D eigenvalue weighted by Crippen LogP contribution is -2.27. The van der Waals surface area contributed by atoms with E-state index in [1.165, 1.54) is 0 Å². The van der Waals surface area contributed by atoms with Crippen LogP contribution in [0.15, 0.2) is 29.1 Å². The summed E-state index contributed by atoms with van der Waals surface area (Å²) in [5, 5.41) is 5.21. The van der Waals surface area contributed by atoms with Crippen LogP contribution in [0.25, 0.3) is 0 Å². The number of nitrogens with zero attached hydrogens (tertiary/aromatic N) is 2. The predicted octanol–water partition coefficient (Wildman–Crippen LogP) is 3.16. The van der Waals surface area contributed by atoms with Crippen molar-refractivity contribution in [2.24, 2.45) is 0 Å². The lowest BCUT2D eigenvalue weighted by Gasteiger charge is -2.19. The van der Waals surface area contributed by atoms with E-state index in [-0.39, 0.29) is 5.91 Å². The Bertz CT molecular complexity index is 581. The van der Waals surface area contributed by atoms with Gasteiger partial charge in [0.05, 0.1) is 23.3 Å². The minimum atomic E-state index is 0.00829. The largest absolute Gasteiger partial charge is 0.385 e. The van der Waals surface area contributed by atoms with Gasteiger partial charge in [-0.15, -0.1) is 11.3 Å². The van der Waals surface area contributed by atoms with Gasteiger partial charge in [0.1, 0.15) is 0 Å². The smallest absolute Gasteiger partial charge is 0.256 e. The SMILES string of the molecule is CCNc1cc(C)ccc1C(=O)N(C)Cc1cscn1. The van der Waals surface area contributed by atoms with Crippen molar-refractivity contribution in [1.82, 2.24) is 9.88 Å². The first kappa shape index (κ1) is 14.5. The van der Waals surface area contributed by atoms with Gasteiger partial charge in [-0.25, -0.2) is 4.98 Å². The van der Waals surface area contributed by atoms with E-state index < -0.39 is 0 Å². The number of anilines is 1. The molecule has 0 spiro atoms. The normalized spacial score (nSPS) is 10.3. The van der Waals surface area contributed by atoms with Gasteiger partial charge in [0, 0.05) is 24.7 Å². The van der Waals surface area contributed by atoms with Gasteiger partial charge in [0.15, 0.2) is 0 Å². The molecule has 0 aliphatic heterocycles. The maximum Gasteiger partial charge on any atom is 0.256 e. The molecular weight excluding hydrogens is 270 g/mol. The molecule has 0 aliphatic rings. The zero-order chi connectivity index (χ0) is 14.5. The van der Waals surface area contributed by atoms with Gasteiger partial charge in [0.2, 0.25) is 0 Å². The fourth-order valence-corrected chi connectivity index (χ4v) is 2.57.